The van der Waals surface area contributed by atoms with Crippen LogP contribution in [0.15, 0.2) is 12.3 Å². The van der Waals surface area contributed by atoms with Gasteiger partial charge in [-0.05, 0) is 12.8 Å². The Kier molecular flexibility index (Phi) is 9.26. The van der Waals surface area contributed by atoms with Gasteiger partial charge in [-0.25, -0.2) is 0 Å². The summed E-state index contributed by atoms with van der Waals surface area (Å²) in [6, 6.07) is 0. The van der Waals surface area contributed by atoms with E-state index in [0.29, 0.717) is 0 Å². The minimum atomic E-state index is -1.68. The van der Waals surface area contributed by atoms with Crippen LogP contribution in [0.1, 0.15) is 45.4 Å². The molecule has 0 aromatic heterocycles. The Morgan fingerprint density at radius 2 is 1.85 bits per heavy atom. The zero-order valence-corrected chi connectivity index (χ0v) is 8.28. The molecule has 0 aromatic carbocycles. The van der Waals surface area contributed by atoms with E-state index < -0.39 is 7.32 Å². The summed E-state index contributed by atoms with van der Waals surface area (Å²) in [6.07, 6.45) is 10.3. The van der Waals surface area contributed by atoms with Gasteiger partial charge in [0, 0.05) is 0 Å². The molecule has 3 nitrogen and oxygen atoms in total. The van der Waals surface area contributed by atoms with Crippen LogP contribution in [0, 0.1) is 0 Å². The number of rotatable bonds is 8. The molecule has 0 aromatic rings. The number of hydrogen-bond acceptors (Lipinski definition) is 3. The van der Waals surface area contributed by atoms with Crippen LogP contribution in [0.4, 0.5) is 0 Å². The molecule has 0 amide bonds. The van der Waals surface area contributed by atoms with Gasteiger partial charge in [0.2, 0.25) is 0 Å². The van der Waals surface area contributed by atoms with Crippen molar-refractivity contribution in [2.24, 2.45) is 0 Å². The molecule has 0 aliphatic heterocycles. The van der Waals surface area contributed by atoms with E-state index in [1.807, 2.05) is 6.08 Å². The molecule has 0 aliphatic carbocycles. The van der Waals surface area contributed by atoms with Gasteiger partial charge in [0.05, 0.1) is 6.26 Å². The van der Waals surface area contributed by atoms with Crippen LogP contribution in [0.2, 0.25) is 0 Å². The van der Waals surface area contributed by atoms with Crippen LogP contribution < -0.4 is 0 Å². The summed E-state index contributed by atoms with van der Waals surface area (Å²) >= 11 is 0. The molecular formula is C9H19BO3. The van der Waals surface area contributed by atoms with E-state index in [2.05, 4.69) is 11.6 Å². The van der Waals surface area contributed by atoms with Crippen LogP contribution in [0.25, 0.3) is 0 Å². The fourth-order valence-electron chi connectivity index (χ4n) is 1.06. The van der Waals surface area contributed by atoms with E-state index in [0.717, 1.165) is 12.8 Å². The third-order valence-corrected chi connectivity index (χ3v) is 1.77. The number of unbranched alkanes of at least 4 members (excludes halogenated alkanes) is 5. The molecule has 76 valence electrons. The standard InChI is InChI=1S/C9H19BO3/c1-2-3-4-5-6-7-8-9-13-10(11)12/h8-9,11-12H,2-7H2,1H3/b9-8+. The zero-order valence-electron chi connectivity index (χ0n) is 8.28. The third-order valence-electron chi connectivity index (χ3n) is 1.77. The molecule has 0 saturated heterocycles. The first-order valence-corrected chi connectivity index (χ1v) is 4.94. The number of allylic oxidation sites excluding steroid dienone is 1. The minimum absolute atomic E-state index is 0.941. The predicted octanol–water partition coefficient (Wildman–Crippen LogP) is 1.85. The van der Waals surface area contributed by atoms with Crippen molar-refractivity contribution in [2.75, 3.05) is 0 Å². The maximum Gasteiger partial charge on any atom is 0.707 e. The molecule has 4 heteroatoms. The van der Waals surface area contributed by atoms with Gasteiger partial charge < -0.3 is 14.7 Å². The van der Waals surface area contributed by atoms with Crippen molar-refractivity contribution in [3.05, 3.63) is 12.3 Å². The first kappa shape index (κ1) is 12.5. The van der Waals surface area contributed by atoms with Crippen molar-refractivity contribution < 1.29 is 14.7 Å². The minimum Gasteiger partial charge on any atom is -0.519 e. The zero-order chi connectivity index (χ0) is 9.94. The largest absolute Gasteiger partial charge is 0.707 e. The summed E-state index contributed by atoms with van der Waals surface area (Å²) in [6.45, 7) is 2.19. The van der Waals surface area contributed by atoms with Crippen molar-refractivity contribution in [1.82, 2.24) is 0 Å². The highest BCUT2D eigenvalue weighted by atomic mass is 16.6. The topological polar surface area (TPSA) is 49.7 Å². The summed E-state index contributed by atoms with van der Waals surface area (Å²) < 4.78 is 4.40. The monoisotopic (exact) mass is 186 g/mol. The van der Waals surface area contributed by atoms with Crippen LogP contribution >= 0.6 is 0 Å². The maximum absolute atomic E-state index is 8.31. The van der Waals surface area contributed by atoms with Gasteiger partial charge in [-0.3, -0.25) is 0 Å². The fourth-order valence-corrected chi connectivity index (χ4v) is 1.06. The summed E-state index contributed by atoms with van der Waals surface area (Å²) in [5.74, 6) is 0. The molecule has 2 N–H and O–H groups in total. The van der Waals surface area contributed by atoms with Crippen molar-refractivity contribution in [3.8, 4) is 0 Å². The molecular weight excluding hydrogens is 167 g/mol. The Morgan fingerprint density at radius 1 is 1.15 bits per heavy atom. The van der Waals surface area contributed by atoms with Crippen LogP contribution in [0.5, 0.6) is 0 Å². The van der Waals surface area contributed by atoms with E-state index in [-0.39, 0.29) is 0 Å². The van der Waals surface area contributed by atoms with Gasteiger partial charge in [0.15, 0.2) is 0 Å². The molecule has 0 fully saturated rings. The normalized spacial score (nSPS) is 10.7. The average molecular weight is 186 g/mol. The van der Waals surface area contributed by atoms with Gasteiger partial charge in [-0.1, -0.05) is 38.7 Å². The van der Waals surface area contributed by atoms with Gasteiger partial charge in [-0.15, -0.1) is 0 Å². The summed E-state index contributed by atoms with van der Waals surface area (Å²) in [5, 5.41) is 16.6. The highest BCUT2D eigenvalue weighted by Gasteiger charge is 2.05. The highest BCUT2D eigenvalue weighted by molar-refractivity contribution is 6.32. The summed E-state index contributed by atoms with van der Waals surface area (Å²) in [4.78, 5) is 0. The molecule has 0 heterocycles. The van der Waals surface area contributed by atoms with Crippen molar-refractivity contribution in [2.45, 2.75) is 45.4 Å². The molecule has 0 atom stereocenters. The second-order valence-electron chi connectivity index (χ2n) is 3.04. The van der Waals surface area contributed by atoms with Gasteiger partial charge in [0.25, 0.3) is 0 Å². The molecule has 0 saturated carbocycles. The van der Waals surface area contributed by atoms with Crippen molar-refractivity contribution in [1.29, 1.82) is 0 Å². The summed E-state index contributed by atoms with van der Waals surface area (Å²) in [5.41, 5.74) is 0. The van der Waals surface area contributed by atoms with Gasteiger partial charge in [0.1, 0.15) is 0 Å². The van der Waals surface area contributed by atoms with E-state index in [1.165, 1.54) is 31.9 Å². The van der Waals surface area contributed by atoms with Crippen molar-refractivity contribution in [3.63, 3.8) is 0 Å². The average Bonchev–Trinajstić information content (AvgIpc) is 2.09. The SMILES string of the molecule is CCCCCCC/C=C/OB(O)O. The van der Waals surface area contributed by atoms with E-state index in [1.54, 1.807) is 0 Å². The van der Waals surface area contributed by atoms with E-state index in [9.17, 15) is 0 Å². The van der Waals surface area contributed by atoms with E-state index in [4.69, 9.17) is 10.0 Å². The Labute approximate surface area is 80.6 Å². The lowest BCUT2D eigenvalue weighted by Crippen LogP contribution is -2.12. The lowest BCUT2D eigenvalue weighted by atomic mass is 10.1. The molecule has 0 aliphatic rings. The molecule has 0 bridgehead atoms. The third kappa shape index (κ3) is 11.5. The highest BCUT2D eigenvalue weighted by Crippen LogP contribution is 2.05. The smallest absolute Gasteiger partial charge is 0.519 e. The second-order valence-corrected chi connectivity index (χ2v) is 3.04. The first-order chi connectivity index (χ1) is 6.27. The maximum atomic E-state index is 8.31. The lowest BCUT2D eigenvalue weighted by Gasteiger charge is -1.97. The van der Waals surface area contributed by atoms with Crippen molar-refractivity contribution >= 4 is 7.32 Å². The Morgan fingerprint density at radius 3 is 2.46 bits per heavy atom. The van der Waals surface area contributed by atoms with Crippen LogP contribution in [0.3, 0.4) is 0 Å². The predicted molar refractivity (Wildman–Crippen MR) is 53.8 cm³/mol. The van der Waals surface area contributed by atoms with Crippen LogP contribution in [-0.4, -0.2) is 17.4 Å². The fraction of sp³-hybridized carbons (Fsp3) is 0.778. The first-order valence-electron chi connectivity index (χ1n) is 4.94. The molecule has 0 rings (SSSR count). The Hall–Kier alpha value is -0.475. The lowest BCUT2D eigenvalue weighted by molar-refractivity contribution is 0.256. The van der Waals surface area contributed by atoms with Crippen LogP contribution in [-0.2, 0) is 4.65 Å². The Balaban J connectivity index is 3.02. The molecule has 0 unspecified atom stereocenters. The van der Waals surface area contributed by atoms with Gasteiger partial charge >= 0.3 is 7.32 Å². The quantitative estimate of drug-likeness (QED) is 0.345. The second kappa shape index (κ2) is 9.61. The Bertz CT molecular complexity index is 126. The van der Waals surface area contributed by atoms with Gasteiger partial charge in [-0.2, -0.15) is 0 Å². The van der Waals surface area contributed by atoms with E-state index >= 15 is 0 Å². The molecule has 0 radical (unpaired) electrons. The summed E-state index contributed by atoms with van der Waals surface area (Å²) in [7, 11) is -1.68. The molecule has 0 spiro atoms. The molecule has 13 heavy (non-hydrogen) atoms. The number of hydrogen-bond donors (Lipinski definition) is 2.